The van der Waals surface area contributed by atoms with Crippen molar-refractivity contribution in [1.82, 2.24) is 15.1 Å². The molecule has 0 bridgehead atoms. The number of benzene rings is 1. The lowest BCUT2D eigenvalue weighted by molar-refractivity contribution is -0.134. The third-order valence-corrected chi connectivity index (χ3v) is 5.77. The van der Waals surface area contributed by atoms with Crippen LogP contribution in [0.3, 0.4) is 0 Å². The second-order valence-electron chi connectivity index (χ2n) is 6.53. The van der Waals surface area contributed by atoms with Gasteiger partial charge in [-0.1, -0.05) is 25.1 Å². The number of carbonyl (C=O) groups excluding carboxylic acids is 2. The molecular weight excluding hydrogens is 365 g/mol. The molecule has 1 aliphatic rings. The number of rotatable bonds is 6. The minimum absolute atomic E-state index is 0.0330. The molecule has 0 spiro atoms. The van der Waals surface area contributed by atoms with E-state index >= 15 is 0 Å². The summed E-state index contributed by atoms with van der Waals surface area (Å²) in [5, 5.41) is 2.63. The number of nitrogens with one attached hydrogen (secondary N) is 1. The van der Waals surface area contributed by atoms with Crippen molar-refractivity contribution in [2.24, 2.45) is 0 Å². The van der Waals surface area contributed by atoms with Gasteiger partial charge in [0, 0.05) is 54.5 Å². The maximum Gasteiger partial charge on any atom is 0.242 e. The van der Waals surface area contributed by atoms with Gasteiger partial charge in [0.2, 0.25) is 11.8 Å². The van der Waals surface area contributed by atoms with E-state index in [9.17, 15) is 14.0 Å². The third kappa shape index (κ3) is 5.14. The van der Waals surface area contributed by atoms with Crippen LogP contribution in [0.15, 0.2) is 36.4 Å². The van der Waals surface area contributed by atoms with Crippen LogP contribution >= 0.6 is 11.3 Å². The maximum atomic E-state index is 13.9. The van der Waals surface area contributed by atoms with Gasteiger partial charge in [-0.05, 0) is 18.2 Å². The zero-order chi connectivity index (χ0) is 19.2. The molecule has 0 saturated carbocycles. The highest BCUT2D eigenvalue weighted by Gasteiger charge is 2.21. The van der Waals surface area contributed by atoms with Gasteiger partial charge in [-0.15, -0.1) is 11.3 Å². The van der Waals surface area contributed by atoms with E-state index in [0.29, 0.717) is 25.1 Å². The molecule has 1 aromatic heterocycles. The van der Waals surface area contributed by atoms with Gasteiger partial charge in [-0.2, -0.15) is 0 Å². The first-order valence-corrected chi connectivity index (χ1v) is 9.99. The summed E-state index contributed by atoms with van der Waals surface area (Å²) in [4.78, 5) is 29.6. The molecule has 1 fully saturated rings. The van der Waals surface area contributed by atoms with Crippen molar-refractivity contribution in [3.05, 3.63) is 47.1 Å². The van der Waals surface area contributed by atoms with Gasteiger partial charge in [0.15, 0.2) is 0 Å². The van der Waals surface area contributed by atoms with Gasteiger partial charge in [0.25, 0.3) is 0 Å². The molecule has 1 aliphatic heterocycles. The van der Waals surface area contributed by atoms with Crippen LogP contribution in [0.25, 0.3) is 10.4 Å². The molecule has 27 heavy (non-hydrogen) atoms. The fourth-order valence-electron chi connectivity index (χ4n) is 3.06. The normalized spacial score (nSPS) is 15.0. The molecule has 1 N–H and O–H groups in total. The van der Waals surface area contributed by atoms with E-state index < -0.39 is 0 Å². The van der Waals surface area contributed by atoms with Gasteiger partial charge >= 0.3 is 0 Å². The van der Waals surface area contributed by atoms with Crippen LogP contribution in [0.4, 0.5) is 4.39 Å². The van der Waals surface area contributed by atoms with Crippen LogP contribution in [0.1, 0.15) is 18.2 Å². The Morgan fingerprint density at radius 3 is 2.56 bits per heavy atom. The Labute approximate surface area is 162 Å². The average molecular weight is 389 g/mol. The molecular formula is C20H24FN3O2S. The summed E-state index contributed by atoms with van der Waals surface area (Å²) in [6, 6.07) is 10.8. The lowest BCUT2D eigenvalue weighted by Gasteiger charge is -2.34. The molecule has 5 nitrogen and oxygen atoms in total. The highest BCUT2D eigenvalue weighted by Crippen LogP contribution is 2.30. The van der Waals surface area contributed by atoms with Crippen molar-refractivity contribution in [2.75, 3.05) is 32.7 Å². The zero-order valence-corrected chi connectivity index (χ0v) is 16.2. The standard InChI is InChI=1S/C20H24FN3O2S/c1-2-19(25)22-13-20(26)24-11-9-23(10-12-24)14-15-7-8-18(27-15)16-5-3-4-6-17(16)21/h3-8H,2,9-14H2,1H3,(H,22,25). The van der Waals surface area contributed by atoms with Crippen LogP contribution in [-0.4, -0.2) is 54.3 Å². The van der Waals surface area contributed by atoms with Crippen LogP contribution in [0.5, 0.6) is 0 Å². The second kappa shape index (κ2) is 9.10. The quantitative estimate of drug-likeness (QED) is 0.827. The Bertz CT molecular complexity index is 800. The molecule has 1 saturated heterocycles. The van der Waals surface area contributed by atoms with Gasteiger partial charge < -0.3 is 10.2 Å². The van der Waals surface area contributed by atoms with Crippen LogP contribution in [0.2, 0.25) is 0 Å². The lowest BCUT2D eigenvalue weighted by atomic mass is 10.2. The van der Waals surface area contributed by atoms with Crippen molar-refractivity contribution < 1.29 is 14.0 Å². The van der Waals surface area contributed by atoms with Gasteiger partial charge in [0.1, 0.15) is 5.82 Å². The molecule has 0 radical (unpaired) electrons. The van der Waals surface area contributed by atoms with Crippen molar-refractivity contribution in [3.63, 3.8) is 0 Å². The summed E-state index contributed by atoms with van der Waals surface area (Å²) in [5.41, 5.74) is 0.637. The van der Waals surface area contributed by atoms with Crippen LogP contribution in [0, 0.1) is 5.82 Å². The van der Waals surface area contributed by atoms with Gasteiger partial charge in [0.05, 0.1) is 6.54 Å². The Balaban J connectivity index is 1.49. The molecule has 7 heteroatoms. The minimum atomic E-state index is -0.201. The maximum absolute atomic E-state index is 13.9. The first-order valence-electron chi connectivity index (χ1n) is 9.17. The SMILES string of the molecule is CCC(=O)NCC(=O)N1CCN(Cc2ccc(-c3ccccc3F)s2)CC1. The number of amides is 2. The fraction of sp³-hybridized carbons (Fsp3) is 0.400. The topological polar surface area (TPSA) is 52.7 Å². The van der Waals surface area contributed by atoms with Gasteiger partial charge in [-0.3, -0.25) is 14.5 Å². The number of carbonyl (C=O) groups is 2. The second-order valence-corrected chi connectivity index (χ2v) is 7.70. The highest BCUT2D eigenvalue weighted by molar-refractivity contribution is 7.15. The highest BCUT2D eigenvalue weighted by atomic mass is 32.1. The monoisotopic (exact) mass is 389 g/mol. The number of piperazine rings is 1. The minimum Gasteiger partial charge on any atom is -0.347 e. The van der Waals surface area contributed by atoms with E-state index in [0.717, 1.165) is 24.5 Å². The van der Waals surface area contributed by atoms with Crippen LogP contribution < -0.4 is 5.32 Å². The van der Waals surface area contributed by atoms with Crippen molar-refractivity contribution in [2.45, 2.75) is 19.9 Å². The summed E-state index contributed by atoms with van der Waals surface area (Å²) in [5.74, 6) is -0.340. The van der Waals surface area contributed by atoms with Gasteiger partial charge in [-0.25, -0.2) is 4.39 Å². The Kier molecular flexibility index (Phi) is 6.58. The molecule has 3 rings (SSSR count). The summed E-state index contributed by atoms with van der Waals surface area (Å²) < 4.78 is 13.9. The predicted molar refractivity (Wildman–Crippen MR) is 105 cm³/mol. The Hall–Kier alpha value is -2.25. The number of hydrogen-bond acceptors (Lipinski definition) is 4. The van der Waals surface area contributed by atoms with Crippen molar-refractivity contribution in [1.29, 1.82) is 0 Å². The number of nitrogens with zero attached hydrogens (tertiary/aromatic N) is 2. The average Bonchev–Trinajstić information content (AvgIpc) is 3.15. The third-order valence-electron chi connectivity index (χ3n) is 4.66. The van der Waals surface area contributed by atoms with E-state index in [1.54, 1.807) is 35.3 Å². The summed E-state index contributed by atoms with van der Waals surface area (Å²) in [6.07, 6.45) is 0.386. The zero-order valence-electron chi connectivity index (χ0n) is 15.4. The van der Waals surface area contributed by atoms with Crippen molar-refractivity contribution in [3.8, 4) is 10.4 Å². The molecule has 2 amide bonds. The molecule has 2 aromatic rings. The predicted octanol–water partition coefficient (Wildman–Crippen LogP) is 2.72. The van der Waals surface area contributed by atoms with E-state index in [2.05, 4.69) is 10.2 Å². The van der Waals surface area contributed by atoms with E-state index in [1.165, 1.54) is 10.9 Å². The summed E-state index contributed by atoms with van der Waals surface area (Å²) >= 11 is 1.61. The largest absolute Gasteiger partial charge is 0.347 e. The molecule has 144 valence electrons. The molecule has 1 aromatic carbocycles. The lowest BCUT2D eigenvalue weighted by Crippen LogP contribution is -2.50. The summed E-state index contributed by atoms with van der Waals surface area (Å²) in [7, 11) is 0. The molecule has 2 heterocycles. The van der Waals surface area contributed by atoms with E-state index in [4.69, 9.17) is 0 Å². The number of thiophene rings is 1. The number of halogens is 1. The van der Waals surface area contributed by atoms with E-state index in [-0.39, 0.29) is 24.2 Å². The van der Waals surface area contributed by atoms with Crippen LogP contribution in [-0.2, 0) is 16.1 Å². The molecule has 0 atom stereocenters. The molecule has 0 aliphatic carbocycles. The smallest absolute Gasteiger partial charge is 0.242 e. The Morgan fingerprint density at radius 1 is 1.11 bits per heavy atom. The Morgan fingerprint density at radius 2 is 1.85 bits per heavy atom. The van der Waals surface area contributed by atoms with E-state index in [1.807, 2.05) is 18.2 Å². The first-order chi connectivity index (χ1) is 13.1. The molecule has 0 unspecified atom stereocenters. The summed E-state index contributed by atoms with van der Waals surface area (Å²) in [6.45, 7) is 5.54. The first kappa shape index (κ1) is 19.5. The van der Waals surface area contributed by atoms with Crippen molar-refractivity contribution >= 4 is 23.2 Å². The fourth-order valence-corrected chi connectivity index (χ4v) is 4.13. The number of hydrogen-bond donors (Lipinski definition) is 1.